The number of carbonyl (C=O) groups is 1. The van der Waals surface area contributed by atoms with Crippen LogP contribution in [0, 0.1) is 0 Å². The number of aldehydes is 1. The van der Waals surface area contributed by atoms with Crippen molar-refractivity contribution < 1.29 is 9.21 Å². The van der Waals surface area contributed by atoms with Crippen LogP contribution in [0.3, 0.4) is 0 Å². The molecular weight excluding hydrogens is 260 g/mol. The number of rotatable bonds is 2. The molecule has 0 atom stereocenters. The molecule has 1 heterocycles. The average Bonchev–Trinajstić information content (AvgIpc) is 3.01. The molecule has 0 aliphatic rings. The summed E-state index contributed by atoms with van der Waals surface area (Å²) in [6, 6.07) is 22.2. The Bertz CT molecular complexity index is 910. The van der Waals surface area contributed by atoms with Crippen LogP contribution in [0.15, 0.2) is 71.1 Å². The van der Waals surface area contributed by atoms with E-state index in [2.05, 4.69) is 30.3 Å². The van der Waals surface area contributed by atoms with Crippen LogP contribution < -0.4 is 0 Å². The van der Waals surface area contributed by atoms with E-state index in [1.54, 1.807) is 6.07 Å². The Hall–Kier alpha value is -2.87. The quantitative estimate of drug-likeness (QED) is 0.377. The molecule has 2 heteroatoms. The maximum Gasteiger partial charge on any atom is 0.185 e. The number of furan rings is 1. The fourth-order valence-corrected chi connectivity index (χ4v) is 2.83. The van der Waals surface area contributed by atoms with Crippen molar-refractivity contribution in [2.24, 2.45) is 0 Å². The average molecular weight is 272 g/mol. The summed E-state index contributed by atoms with van der Waals surface area (Å²) < 4.78 is 5.67. The Balaban J connectivity index is 2.18. The number of benzene rings is 3. The van der Waals surface area contributed by atoms with Crippen molar-refractivity contribution in [3.63, 3.8) is 0 Å². The lowest BCUT2D eigenvalue weighted by Crippen LogP contribution is -1.83. The normalized spacial score (nSPS) is 11.0. The predicted octanol–water partition coefficient (Wildman–Crippen LogP) is 5.07. The minimum atomic E-state index is 0.349. The van der Waals surface area contributed by atoms with E-state index in [9.17, 15) is 4.79 Å². The summed E-state index contributed by atoms with van der Waals surface area (Å²) in [5.74, 6) is 1.08. The van der Waals surface area contributed by atoms with Crippen LogP contribution in [0.4, 0.5) is 0 Å². The third-order valence-electron chi connectivity index (χ3n) is 3.76. The lowest BCUT2D eigenvalue weighted by molar-refractivity contribution is 0.110. The first-order valence-corrected chi connectivity index (χ1v) is 6.83. The van der Waals surface area contributed by atoms with Crippen LogP contribution in [-0.4, -0.2) is 6.29 Å². The van der Waals surface area contributed by atoms with Gasteiger partial charge in [0.1, 0.15) is 5.76 Å². The van der Waals surface area contributed by atoms with Gasteiger partial charge in [-0.15, -0.1) is 0 Å². The molecule has 4 rings (SSSR count). The Kier molecular flexibility index (Phi) is 2.61. The highest BCUT2D eigenvalue weighted by Gasteiger charge is 2.12. The summed E-state index contributed by atoms with van der Waals surface area (Å²) in [7, 11) is 0. The van der Waals surface area contributed by atoms with Gasteiger partial charge >= 0.3 is 0 Å². The van der Waals surface area contributed by atoms with Crippen LogP contribution in [-0.2, 0) is 0 Å². The molecule has 0 saturated carbocycles. The first-order chi connectivity index (χ1) is 10.4. The van der Waals surface area contributed by atoms with E-state index in [0.717, 1.165) is 39.2 Å². The monoisotopic (exact) mass is 272 g/mol. The first kappa shape index (κ1) is 11.9. The van der Waals surface area contributed by atoms with Crippen molar-refractivity contribution >= 4 is 27.8 Å². The molecule has 4 aromatic rings. The molecule has 0 spiro atoms. The van der Waals surface area contributed by atoms with E-state index in [0.29, 0.717) is 5.76 Å². The third-order valence-corrected chi connectivity index (χ3v) is 3.76. The van der Waals surface area contributed by atoms with Gasteiger partial charge < -0.3 is 4.42 Å². The van der Waals surface area contributed by atoms with Gasteiger partial charge in [0.25, 0.3) is 0 Å². The van der Waals surface area contributed by atoms with Gasteiger partial charge in [0.15, 0.2) is 12.0 Å². The predicted molar refractivity (Wildman–Crippen MR) is 84.5 cm³/mol. The number of fused-ring (bicyclic) bond motifs is 2. The van der Waals surface area contributed by atoms with E-state index in [1.165, 1.54) is 0 Å². The fourth-order valence-electron chi connectivity index (χ4n) is 2.83. The molecule has 21 heavy (non-hydrogen) atoms. The standard InChI is InChI=1S/C19H12O2/c20-12-15-9-10-18(21-15)19-16-7-3-1-5-13(16)11-14-6-2-4-8-17(14)19/h1-12H. The second kappa shape index (κ2) is 4.60. The number of hydrogen-bond donors (Lipinski definition) is 0. The van der Waals surface area contributed by atoms with E-state index in [1.807, 2.05) is 30.3 Å². The van der Waals surface area contributed by atoms with Gasteiger partial charge in [0.2, 0.25) is 0 Å². The van der Waals surface area contributed by atoms with E-state index in [4.69, 9.17) is 4.42 Å². The summed E-state index contributed by atoms with van der Waals surface area (Å²) in [4.78, 5) is 10.9. The number of hydrogen-bond acceptors (Lipinski definition) is 2. The van der Waals surface area contributed by atoms with E-state index in [-0.39, 0.29) is 0 Å². The summed E-state index contributed by atoms with van der Waals surface area (Å²) in [5.41, 5.74) is 1.04. The van der Waals surface area contributed by atoms with Crippen molar-refractivity contribution in [2.45, 2.75) is 0 Å². The largest absolute Gasteiger partial charge is 0.453 e. The summed E-state index contributed by atoms with van der Waals surface area (Å²) in [5, 5.41) is 4.58. The highest BCUT2D eigenvalue weighted by molar-refractivity contribution is 6.11. The second-order valence-electron chi connectivity index (χ2n) is 5.01. The zero-order valence-corrected chi connectivity index (χ0v) is 11.2. The van der Waals surface area contributed by atoms with Gasteiger partial charge in [-0.05, 0) is 39.7 Å². The van der Waals surface area contributed by atoms with Gasteiger partial charge in [-0.2, -0.15) is 0 Å². The minimum Gasteiger partial charge on any atom is -0.453 e. The van der Waals surface area contributed by atoms with Gasteiger partial charge in [-0.25, -0.2) is 0 Å². The van der Waals surface area contributed by atoms with Crippen LogP contribution >= 0.6 is 0 Å². The third kappa shape index (κ3) is 1.84. The lowest BCUT2D eigenvalue weighted by Gasteiger charge is -2.09. The highest BCUT2D eigenvalue weighted by Crippen LogP contribution is 2.36. The molecule has 1 aromatic heterocycles. The molecule has 0 unspecified atom stereocenters. The molecule has 0 aliphatic heterocycles. The molecular formula is C19H12O2. The van der Waals surface area contributed by atoms with Gasteiger partial charge in [-0.3, -0.25) is 4.79 Å². The second-order valence-corrected chi connectivity index (χ2v) is 5.01. The molecule has 0 N–H and O–H groups in total. The SMILES string of the molecule is O=Cc1ccc(-c2c3ccccc3cc3ccccc23)o1. The smallest absolute Gasteiger partial charge is 0.185 e. The van der Waals surface area contributed by atoms with Gasteiger partial charge in [-0.1, -0.05) is 48.5 Å². The molecule has 2 nitrogen and oxygen atoms in total. The lowest BCUT2D eigenvalue weighted by atomic mass is 9.95. The van der Waals surface area contributed by atoms with Crippen molar-refractivity contribution in [3.8, 4) is 11.3 Å². The van der Waals surface area contributed by atoms with E-state index < -0.39 is 0 Å². The molecule has 0 fully saturated rings. The van der Waals surface area contributed by atoms with Crippen molar-refractivity contribution in [2.75, 3.05) is 0 Å². The van der Waals surface area contributed by atoms with Crippen LogP contribution in [0.5, 0.6) is 0 Å². The molecule has 0 aliphatic carbocycles. The Morgan fingerprint density at radius 2 is 1.38 bits per heavy atom. The maximum absolute atomic E-state index is 10.9. The zero-order chi connectivity index (χ0) is 14.2. The molecule has 0 saturated heterocycles. The van der Waals surface area contributed by atoms with Crippen molar-refractivity contribution in [1.82, 2.24) is 0 Å². The molecule has 100 valence electrons. The molecule has 0 bridgehead atoms. The highest BCUT2D eigenvalue weighted by atomic mass is 16.3. The van der Waals surface area contributed by atoms with Crippen molar-refractivity contribution in [3.05, 3.63) is 72.5 Å². The van der Waals surface area contributed by atoms with Crippen LogP contribution in [0.25, 0.3) is 32.9 Å². The van der Waals surface area contributed by atoms with Gasteiger partial charge in [0, 0.05) is 5.56 Å². The van der Waals surface area contributed by atoms with Crippen LogP contribution in [0.1, 0.15) is 10.6 Å². The summed E-state index contributed by atoms with van der Waals surface area (Å²) >= 11 is 0. The Morgan fingerprint density at radius 3 is 1.95 bits per heavy atom. The summed E-state index contributed by atoms with van der Waals surface area (Å²) in [6.45, 7) is 0. The zero-order valence-electron chi connectivity index (χ0n) is 11.2. The number of carbonyl (C=O) groups excluding carboxylic acids is 1. The van der Waals surface area contributed by atoms with Gasteiger partial charge in [0.05, 0.1) is 0 Å². The van der Waals surface area contributed by atoms with E-state index >= 15 is 0 Å². The Labute approximate surface area is 121 Å². The van der Waals surface area contributed by atoms with Crippen LogP contribution in [0.2, 0.25) is 0 Å². The topological polar surface area (TPSA) is 30.2 Å². The molecule has 3 aromatic carbocycles. The maximum atomic E-state index is 10.9. The summed E-state index contributed by atoms with van der Waals surface area (Å²) in [6.07, 6.45) is 0.733. The Morgan fingerprint density at radius 1 is 0.762 bits per heavy atom. The van der Waals surface area contributed by atoms with Crippen molar-refractivity contribution in [1.29, 1.82) is 0 Å². The molecule has 0 radical (unpaired) electrons. The minimum absolute atomic E-state index is 0.349. The molecule has 0 amide bonds. The fraction of sp³-hybridized carbons (Fsp3) is 0. The first-order valence-electron chi connectivity index (χ1n) is 6.83.